The lowest BCUT2D eigenvalue weighted by Crippen LogP contribution is -1.98. The molecule has 134 valence electrons. The number of benzene rings is 1. The van der Waals surface area contributed by atoms with Crippen LogP contribution in [0.5, 0.6) is 5.75 Å². The van der Waals surface area contributed by atoms with Crippen LogP contribution in [0.3, 0.4) is 0 Å². The van der Waals surface area contributed by atoms with Gasteiger partial charge < -0.3 is 4.74 Å². The maximum absolute atomic E-state index is 8.92. The van der Waals surface area contributed by atoms with Gasteiger partial charge >= 0.3 is 0 Å². The van der Waals surface area contributed by atoms with Crippen molar-refractivity contribution < 1.29 is 4.74 Å². The number of rotatable bonds is 4. The Hall–Kier alpha value is -3.98. The number of hydrogen-bond donors (Lipinski definition) is 1. The average Bonchev–Trinajstić information content (AvgIpc) is 3.32. The van der Waals surface area contributed by atoms with E-state index in [2.05, 4.69) is 32.3 Å². The summed E-state index contributed by atoms with van der Waals surface area (Å²) in [6, 6.07) is 17.5. The van der Waals surface area contributed by atoms with Gasteiger partial charge in [0, 0.05) is 35.5 Å². The summed E-state index contributed by atoms with van der Waals surface area (Å²) in [7, 11) is 0. The number of fused-ring (bicyclic) bond motifs is 3. The first kappa shape index (κ1) is 16.2. The second kappa shape index (κ2) is 6.63. The minimum atomic E-state index is 0.397. The van der Waals surface area contributed by atoms with Crippen molar-refractivity contribution in [1.82, 2.24) is 20.2 Å². The zero-order valence-corrected chi connectivity index (χ0v) is 14.9. The molecule has 3 heterocycles. The van der Waals surface area contributed by atoms with Crippen molar-refractivity contribution in [3.05, 3.63) is 83.4 Å². The van der Waals surface area contributed by atoms with Crippen LogP contribution in [-0.2, 0) is 13.0 Å². The molecule has 0 aliphatic heterocycles. The van der Waals surface area contributed by atoms with E-state index in [1.54, 1.807) is 18.5 Å². The molecule has 0 unspecified atom stereocenters. The summed E-state index contributed by atoms with van der Waals surface area (Å²) in [6.45, 7) is 0.439. The normalized spacial score (nSPS) is 11.5. The summed E-state index contributed by atoms with van der Waals surface area (Å²) < 4.78 is 5.90. The van der Waals surface area contributed by atoms with Crippen molar-refractivity contribution in [2.75, 3.05) is 0 Å². The molecule has 5 rings (SSSR count). The summed E-state index contributed by atoms with van der Waals surface area (Å²) in [5.74, 6) is 0.823. The summed E-state index contributed by atoms with van der Waals surface area (Å²) >= 11 is 0. The summed E-state index contributed by atoms with van der Waals surface area (Å²) in [4.78, 5) is 8.44. The molecule has 4 aromatic rings. The van der Waals surface area contributed by atoms with Gasteiger partial charge in [0.25, 0.3) is 0 Å². The van der Waals surface area contributed by atoms with Crippen molar-refractivity contribution in [3.63, 3.8) is 0 Å². The highest BCUT2D eigenvalue weighted by Crippen LogP contribution is 2.41. The van der Waals surface area contributed by atoms with Crippen LogP contribution >= 0.6 is 0 Å². The molecule has 0 spiro atoms. The number of hydrogen-bond acceptors (Lipinski definition) is 5. The first-order valence-electron chi connectivity index (χ1n) is 8.91. The molecule has 6 nitrogen and oxygen atoms in total. The van der Waals surface area contributed by atoms with Crippen LogP contribution in [-0.4, -0.2) is 20.2 Å². The van der Waals surface area contributed by atoms with Crippen LogP contribution in [0.2, 0.25) is 0 Å². The van der Waals surface area contributed by atoms with E-state index in [0.717, 1.165) is 45.9 Å². The maximum Gasteiger partial charge on any atom is 0.140 e. The van der Waals surface area contributed by atoms with Gasteiger partial charge in [0.05, 0.1) is 17.1 Å². The third-order valence-electron chi connectivity index (χ3n) is 4.84. The quantitative estimate of drug-likeness (QED) is 0.522. The van der Waals surface area contributed by atoms with Crippen molar-refractivity contribution in [1.29, 1.82) is 5.26 Å². The number of ether oxygens (including phenoxy) is 1. The molecule has 28 heavy (non-hydrogen) atoms. The van der Waals surface area contributed by atoms with Crippen molar-refractivity contribution in [2.24, 2.45) is 0 Å². The molecule has 0 radical (unpaired) electrons. The van der Waals surface area contributed by atoms with Crippen LogP contribution in [0.25, 0.3) is 22.5 Å². The first-order valence-corrected chi connectivity index (χ1v) is 8.91. The monoisotopic (exact) mass is 365 g/mol. The third kappa shape index (κ3) is 2.79. The standard InChI is InChI=1S/C22H15N5O/c23-11-16-5-4-14(12-25-16)21-20-10-15-9-18(6-7-19(15)22(20)27-26-21)28-13-17-3-1-2-8-24-17/h1-9,12H,10,13H2,(H,26,27). The van der Waals surface area contributed by atoms with E-state index in [1.165, 1.54) is 5.56 Å². The zero-order valence-electron chi connectivity index (χ0n) is 14.9. The van der Waals surface area contributed by atoms with Gasteiger partial charge in [0.2, 0.25) is 0 Å². The highest BCUT2D eigenvalue weighted by molar-refractivity contribution is 5.81. The van der Waals surface area contributed by atoms with E-state index in [-0.39, 0.29) is 0 Å². The smallest absolute Gasteiger partial charge is 0.140 e. The molecule has 0 bridgehead atoms. The second-order valence-corrected chi connectivity index (χ2v) is 6.58. The largest absolute Gasteiger partial charge is 0.487 e. The Bertz CT molecular complexity index is 1190. The number of pyridine rings is 2. The Morgan fingerprint density at radius 2 is 2.07 bits per heavy atom. The molecule has 1 aliphatic carbocycles. The molecule has 0 fully saturated rings. The van der Waals surface area contributed by atoms with Crippen molar-refractivity contribution in [2.45, 2.75) is 13.0 Å². The lowest BCUT2D eigenvalue weighted by atomic mass is 10.1. The van der Waals surface area contributed by atoms with E-state index < -0.39 is 0 Å². The minimum Gasteiger partial charge on any atom is -0.487 e. The van der Waals surface area contributed by atoms with Crippen LogP contribution in [0.15, 0.2) is 60.9 Å². The van der Waals surface area contributed by atoms with Crippen LogP contribution in [0.1, 0.15) is 22.5 Å². The van der Waals surface area contributed by atoms with Crippen LogP contribution < -0.4 is 4.74 Å². The molecule has 1 N–H and O–H groups in total. The number of nitrogens with one attached hydrogen (secondary N) is 1. The minimum absolute atomic E-state index is 0.397. The Morgan fingerprint density at radius 3 is 2.86 bits per heavy atom. The lowest BCUT2D eigenvalue weighted by Gasteiger charge is -2.08. The van der Waals surface area contributed by atoms with Gasteiger partial charge in [-0.25, -0.2) is 4.98 Å². The molecule has 0 saturated carbocycles. The second-order valence-electron chi connectivity index (χ2n) is 6.58. The maximum atomic E-state index is 8.92. The average molecular weight is 365 g/mol. The van der Waals surface area contributed by atoms with Crippen LogP contribution in [0, 0.1) is 11.3 Å². The fourth-order valence-electron chi connectivity index (χ4n) is 3.48. The SMILES string of the molecule is N#Cc1ccc(-c2n[nH]c3c2Cc2cc(OCc4ccccn4)ccc2-3)cn1. The first-order chi connectivity index (χ1) is 13.8. The molecule has 1 aliphatic rings. The van der Waals surface area contributed by atoms with Gasteiger partial charge in [-0.05, 0) is 48.0 Å². The number of nitrogens with zero attached hydrogens (tertiary/aromatic N) is 4. The molecule has 0 amide bonds. The molecule has 0 atom stereocenters. The Kier molecular flexibility index (Phi) is 3.84. The van der Waals surface area contributed by atoms with E-state index >= 15 is 0 Å². The molecular weight excluding hydrogens is 350 g/mol. The molecule has 3 aromatic heterocycles. The van der Waals surface area contributed by atoms with Gasteiger partial charge in [0.15, 0.2) is 0 Å². The fourth-order valence-corrected chi connectivity index (χ4v) is 3.48. The molecule has 6 heteroatoms. The Morgan fingerprint density at radius 1 is 1.11 bits per heavy atom. The topological polar surface area (TPSA) is 87.5 Å². The van der Waals surface area contributed by atoms with Gasteiger partial charge in [-0.3, -0.25) is 10.1 Å². The number of H-pyrrole nitrogens is 1. The summed E-state index contributed by atoms with van der Waals surface area (Å²) in [6.07, 6.45) is 4.23. The number of aromatic nitrogens is 4. The van der Waals surface area contributed by atoms with Gasteiger partial charge in [-0.2, -0.15) is 10.4 Å². The van der Waals surface area contributed by atoms with E-state index in [0.29, 0.717) is 12.3 Å². The lowest BCUT2D eigenvalue weighted by molar-refractivity contribution is 0.301. The van der Waals surface area contributed by atoms with Crippen molar-refractivity contribution in [3.8, 4) is 34.3 Å². The highest BCUT2D eigenvalue weighted by Gasteiger charge is 2.25. The molecular formula is C22H15N5O. The third-order valence-corrected chi connectivity index (χ3v) is 4.84. The predicted octanol–water partition coefficient (Wildman–Crippen LogP) is 3.89. The summed E-state index contributed by atoms with van der Waals surface area (Å²) in [5.41, 5.74) is 7.58. The highest BCUT2D eigenvalue weighted by atomic mass is 16.5. The molecule has 1 aromatic carbocycles. The Labute approximate surface area is 161 Å². The van der Waals surface area contributed by atoms with Crippen molar-refractivity contribution >= 4 is 0 Å². The van der Waals surface area contributed by atoms with E-state index in [9.17, 15) is 0 Å². The zero-order chi connectivity index (χ0) is 18.9. The van der Waals surface area contributed by atoms with E-state index in [4.69, 9.17) is 10.00 Å². The number of aromatic amines is 1. The molecule has 0 saturated heterocycles. The summed E-state index contributed by atoms with van der Waals surface area (Å²) in [5, 5.41) is 16.6. The number of nitriles is 1. The van der Waals surface area contributed by atoms with Gasteiger partial charge in [-0.15, -0.1) is 0 Å². The van der Waals surface area contributed by atoms with E-state index in [1.807, 2.05) is 36.4 Å². The van der Waals surface area contributed by atoms with Gasteiger partial charge in [0.1, 0.15) is 24.1 Å². The van der Waals surface area contributed by atoms with Crippen LogP contribution in [0.4, 0.5) is 0 Å². The Balaban J connectivity index is 1.40. The fraction of sp³-hybridized carbons (Fsp3) is 0.0909. The van der Waals surface area contributed by atoms with Gasteiger partial charge in [-0.1, -0.05) is 6.07 Å². The predicted molar refractivity (Wildman–Crippen MR) is 103 cm³/mol.